The predicted molar refractivity (Wildman–Crippen MR) is 82.1 cm³/mol. The van der Waals surface area contributed by atoms with E-state index < -0.39 is 11.7 Å². The van der Waals surface area contributed by atoms with Crippen molar-refractivity contribution in [3.05, 3.63) is 58.1 Å². The zero-order valence-corrected chi connectivity index (χ0v) is 12.4. The van der Waals surface area contributed by atoms with Gasteiger partial charge in [-0.2, -0.15) is 13.2 Å². The van der Waals surface area contributed by atoms with E-state index in [1.165, 1.54) is 6.07 Å². The molecule has 2 nitrogen and oxygen atoms in total. The first-order valence-electron chi connectivity index (χ1n) is 6.83. The van der Waals surface area contributed by atoms with Crippen molar-refractivity contribution in [1.29, 1.82) is 0 Å². The van der Waals surface area contributed by atoms with E-state index in [0.29, 0.717) is 30.2 Å². The molecule has 0 atom stereocenters. The first-order chi connectivity index (χ1) is 10.3. The van der Waals surface area contributed by atoms with Gasteiger partial charge in [-0.15, -0.1) is 0 Å². The fraction of sp³-hybridized carbons (Fsp3) is 0.250. The van der Waals surface area contributed by atoms with Crippen LogP contribution in [0, 0.1) is 0 Å². The quantitative estimate of drug-likeness (QED) is 0.782. The van der Waals surface area contributed by atoms with Crippen LogP contribution < -0.4 is 10.6 Å². The van der Waals surface area contributed by atoms with E-state index in [2.05, 4.69) is 4.90 Å². The maximum atomic E-state index is 12.8. The molecule has 2 aromatic carbocycles. The normalized spacial score (nSPS) is 14.8. The smallest absolute Gasteiger partial charge is 0.399 e. The number of fused-ring (bicyclic) bond motifs is 1. The summed E-state index contributed by atoms with van der Waals surface area (Å²) in [5, 5.41) is 0.551. The number of hydrogen-bond acceptors (Lipinski definition) is 2. The van der Waals surface area contributed by atoms with Crippen molar-refractivity contribution in [2.45, 2.75) is 19.1 Å². The minimum absolute atomic E-state index is 0.539. The van der Waals surface area contributed by atoms with Gasteiger partial charge in [-0.1, -0.05) is 17.7 Å². The van der Waals surface area contributed by atoms with Gasteiger partial charge in [0.05, 0.1) is 16.3 Å². The van der Waals surface area contributed by atoms with Crippen molar-refractivity contribution in [2.75, 3.05) is 17.2 Å². The Hall–Kier alpha value is -1.88. The summed E-state index contributed by atoms with van der Waals surface area (Å²) in [5.41, 5.74) is 8.17. The molecule has 0 fully saturated rings. The fourth-order valence-electron chi connectivity index (χ4n) is 2.71. The molecule has 0 spiro atoms. The Labute approximate surface area is 131 Å². The molecule has 0 saturated heterocycles. The highest BCUT2D eigenvalue weighted by atomic mass is 35.5. The van der Waals surface area contributed by atoms with Gasteiger partial charge in [-0.3, -0.25) is 0 Å². The van der Waals surface area contributed by atoms with Crippen molar-refractivity contribution in [3.63, 3.8) is 0 Å². The van der Waals surface area contributed by atoms with Gasteiger partial charge in [0.1, 0.15) is 0 Å². The highest BCUT2D eigenvalue weighted by molar-refractivity contribution is 6.33. The molecular weight excluding hydrogens is 313 g/mol. The van der Waals surface area contributed by atoms with E-state index in [0.717, 1.165) is 22.9 Å². The molecule has 1 aliphatic heterocycles. The molecule has 0 saturated carbocycles. The zero-order valence-electron chi connectivity index (χ0n) is 11.6. The molecule has 22 heavy (non-hydrogen) atoms. The Morgan fingerprint density at radius 1 is 1.05 bits per heavy atom. The van der Waals surface area contributed by atoms with Crippen LogP contribution in [-0.2, 0) is 19.1 Å². The van der Waals surface area contributed by atoms with E-state index in [1.54, 1.807) is 18.2 Å². The SMILES string of the molecule is Nc1ccc(N2CCc3cc(C(F)(F)F)ccc3C2)c(Cl)c1. The molecule has 6 heteroatoms. The Morgan fingerprint density at radius 3 is 2.50 bits per heavy atom. The van der Waals surface area contributed by atoms with Gasteiger partial charge >= 0.3 is 6.18 Å². The number of benzene rings is 2. The summed E-state index contributed by atoms with van der Waals surface area (Å²) in [6.07, 6.45) is -3.74. The number of nitrogen functional groups attached to an aromatic ring is 1. The molecule has 0 bridgehead atoms. The van der Waals surface area contributed by atoms with Crippen molar-refractivity contribution in [3.8, 4) is 0 Å². The van der Waals surface area contributed by atoms with Crippen LogP contribution in [0.15, 0.2) is 36.4 Å². The lowest BCUT2D eigenvalue weighted by atomic mass is 9.96. The summed E-state index contributed by atoms with van der Waals surface area (Å²) in [6, 6.07) is 9.22. The Morgan fingerprint density at radius 2 is 1.82 bits per heavy atom. The molecule has 116 valence electrons. The minimum atomic E-state index is -4.30. The molecule has 3 rings (SSSR count). The third kappa shape index (κ3) is 2.86. The van der Waals surface area contributed by atoms with E-state index >= 15 is 0 Å². The number of alkyl halides is 3. The van der Waals surface area contributed by atoms with E-state index in [4.69, 9.17) is 17.3 Å². The fourth-order valence-corrected chi connectivity index (χ4v) is 3.02. The summed E-state index contributed by atoms with van der Waals surface area (Å²) < 4.78 is 38.3. The van der Waals surface area contributed by atoms with Crippen LogP contribution in [0.4, 0.5) is 24.5 Å². The predicted octanol–water partition coefficient (Wildman–Crippen LogP) is 4.50. The summed E-state index contributed by atoms with van der Waals surface area (Å²) in [7, 11) is 0. The molecule has 0 aliphatic carbocycles. The van der Waals surface area contributed by atoms with E-state index in [9.17, 15) is 13.2 Å². The first kappa shape index (κ1) is 15.0. The standard InChI is InChI=1S/C16H14ClF3N2/c17-14-8-13(21)3-4-15(14)22-6-5-10-7-12(16(18,19)20)2-1-11(10)9-22/h1-4,7-8H,5-6,9,21H2. The third-order valence-corrected chi connectivity index (χ3v) is 4.16. The lowest BCUT2D eigenvalue weighted by Crippen LogP contribution is -2.30. The number of rotatable bonds is 1. The average Bonchev–Trinajstić information content (AvgIpc) is 2.45. The maximum Gasteiger partial charge on any atom is 0.416 e. The largest absolute Gasteiger partial charge is 0.416 e. The lowest BCUT2D eigenvalue weighted by molar-refractivity contribution is -0.137. The number of nitrogens with zero attached hydrogens (tertiary/aromatic N) is 1. The zero-order chi connectivity index (χ0) is 15.9. The van der Waals surface area contributed by atoms with Crippen LogP contribution in [0.2, 0.25) is 5.02 Å². The molecule has 0 radical (unpaired) electrons. The summed E-state index contributed by atoms with van der Waals surface area (Å²) in [4.78, 5) is 2.05. The van der Waals surface area contributed by atoms with Crippen molar-refractivity contribution in [1.82, 2.24) is 0 Å². The van der Waals surface area contributed by atoms with Crippen LogP contribution in [-0.4, -0.2) is 6.54 Å². The van der Waals surface area contributed by atoms with Crippen molar-refractivity contribution in [2.24, 2.45) is 0 Å². The van der Waals surface area contributed by atoms with E-state index in [-0.39, 0.29) is 0 Å². The number of halogens is 4. The molecule has 0 aromatic heterocycles. The van der Waals surface area contributed by atoms with Crippen molar-refractivity contribution >= 4 is 23.0 Å². The second kappa shape index (κ2) is 5.39. The van der Waals surface area contributed by atoms with Crippen LogP contribution >= 0.6 is 11.6 Å². The second-order valence-electron chi connectivity index (χ2n) is 5.36. The highest BCUT2D eigenvalue weighted by Gasteiger charge is 2.31. The maximum absolute atomic E-state index is 12.8. The number of hydrogen-bond donors (Lipinski definition) is 1. The average molecular weight is 327 g/mol. The van der Waals surface area contributed by atoms with Gasteiger partial charge in [-0.25, -0.2) is 0 Å². The lowest BCUT2D eigenvalue weighted by Gasteiger charge is -2.31. The topological polar surface area (TPSA) is 29.3 Å². The number of anilines is 2. The van der Waals surface area contributed by atoms with Crippen LogP contribution in [0.5, 0.6) is 0 Å². The molecule has 0 amide bonds. The van der Waals surface area contributed by atoms with Gasteiger partial charge in [0, 0.05) is 18.8 Å². The Kier molecular flexibility index (Phi) is 3.68. The molecule has 0 unspecified atom stereocenters. The highest BCUT2D eigenvalue weighted by Crippen LogP contribution is 2.35. The summed E-state index contributed by atoms with van der Waals surface area (Å²) in [6.45, 7) is 1.16. The van der Waals surface area contributed by atoms with Crippen LogP contribution in [0.25, 0.3) is 0 Å². The molecule has 2 aromatic rings. The molecule has 2 N–H and O–H groups in total. The first-order valence-corrected chi connectivity index (χ1v) is 7.21. The summed E-state index contributed by atoms with van der Waals surface area (Å²) in [5.74, 6) is 0. The molecule has 1 aliphatic rings. The van der Waals surface area contributed by atoms with Crippen LogP contribution in [0.1, 0.15) is 16.7 Å². The van der Waals surface area contributed by atoms with E-state index in [1.807, 2.05) is 6.07 Å². The Balaban J connectivity index is 1.88. The minimum Gasteiger partial charge on any atom is -0.399 e. The van der Waals surface area contributed by atoms with Gasteiger partial charge in [0.2, 0.25) is 0 Å². The van der Waals surface area contributed by atoms with Gasteiger partial charge in [0.25, 0.3) is 0 Å². The van der Waals surface area contributed by atoms with Crippen LogP contribution in [0.3, 0.4) is 0 Å². The monoisotopic (exact) mass is 326 g/mol. The summed E-state index contributed by atoms with van der Waals surface area (Å²) >= 11 is 6.20. The third-order valence-electron chi connectivity index (χ3n) is 3.86. The van der Waals surface area contributed by atoms with Gasteiger partial charge < -0.3 is 10.6 Å². The Bertz CT molecular complexity index is 713. The van der Waals surface area contributed by atoms with Gasteiger partial charge in [0.15, 0.2) is 0 Å². The van der Waals surface area contributed by atoms with Crippen molar-refractivity contribution < 1.29 is 13.2 Å². The number of nitrogens with two attached hydrogens (primary N) is 1. The molecular formula is C16H14ClF3N2. The van der Waals surface area contributed by atoms with Gasteiger partial charge in [-0.05, 0) is 47.9 Å². The molecule has 1 heterocycles. The second-order valence-corrected chi connectivity index (χ2v) is 5.77.